The van der Waals surface area contributed by atoms with Crippen molar-refractivity contribution in [2.45, 2.75) is 378 Å². The molecule has 0 aliphatic carbocycles. The second kappa shape index (κ2) is 41.8. The molecule has 0 saturated carbocycles. The van der Waals surface area contributed by atoms with Crippen molar-refractivity contribution in [3.05, 3.63) is 0 Å². The van der Waals surface area contributed by atoms with Crippen molar-refractivity contribution in [2.75, 3.05) is 49.0 Å². The van der Waals surface area contributed by atoms with Gasteiger partial charge in [-0.05, 0) is 157 Å². The van der Waals surface area contributed by atoms with Crippen LogP contribution in [0.25, 0.3) is 0 Å². The van der Waals surface area contributed by atoms with E-state index in [0.29, 0.717) is 19.4 Å². The average molecular weight is 1610 g/mol. The number of nitrogens with zero attached hydrogens (tertiary/aromatic N) is 2. The molecule has 0 amide bonds. The standard InChI is InChI=1S/2C37H67NO13.C6H10O4/c2*1-14-25-37(10,45)30(41)20(4)27(39)18(2)16-35(8,44)32(51-34-28(40)24(38(11)12)15-19(3)47-34)21(5)29(22(6)33(43)49-25)50-26-17-36(9,46-13)31(42)23(7)48-26;1-2-10-6(9)4-3-5(7)8/h2*18-26,28-32,34,40-42,44-45H,14-17H2,1-13H3;2-4H2,1H3,(H,7,8)/t2*18-,19-,20+,21+,22-,23+,24+,25-,26+,28-,29+,30-,31+,32-,34+,35-,36-,37-;/m11./s1. The lowest BCUT2D eigenvalue weighted by atomic mass is 9.74. The van der Waals surface area contributed by atoms with Crippen molar-refractivity contribution in [1.82, 2.24) is 9.80 Å². The van der Waals surface area contributed by atoms with Gasteiger partial charge in [-0.15, -0.1) is 0 Å². The predicted octanol–water partition coefficient (Wildman–Crippen LogP) is 3.99. The predicted molar refractivity (Wildman–Crippen MR) is 406 cm³/mol. The Balaban J connectivity index is 0.000000420. The molecule has 0 bridgehead atoms. The van der Waals surface area contributed by atoms with Crippen LogP contribution in [-0.4, -0.2) is 319 Å². The molecule has 6 heterocycles. The Labute approximate surface area is 663 Å². The summed E-state index contributed by atoms with van der Waals surface area (Å²) in [6.07, 6.45) is -19.6. The van der Waals surface area contributed by atoms with Gasteiger partial charge in [-0.25, -0.2) is 0 Å². The van der Waals surface area contributed by atoms with Gasteiger partial charge in [0.05, 0.1) is 115 Å². The fourth-order valence-corrected chi connectivity index (χ4v) is 17.3. The number of rotatable bonds is 18. The second-order valence-electron chi connectivity index (χ2n) is 34.6. The second-order valence-corrected chi connectivity index (χ2v) is 34.6. The fraction of sp³-hybridized carbons (Fsp3) is 0.925. The first-order valence-corrected chi connectivity index (χ1v) is 40.0. The van der Waals surface area contributed by atoms with Gasteiger partial charge in [0, 0.05) is 74.7 Å². The minimum absolute atomic E-state index is 0.0385. The van der Waals surface area contributed by atoms with Crippen LogP contribution in [-0.2, 0) is 90.3 Å². The Kier molecular flexibility index (Phi) is 37.6. The minimum Gasteiger partial charge on any atom is -0.481 e. The van der Waals surface area contributed by atoms with Gasteiger partial charge in [-0.1, -0.05) is 55.4 Å². The lowest BCUT2D eigenvalue weighted by Gasteiger charge is -2.49. The third kappa shape index (κ3) is 24.8. The van der Waals surface area contributed by atoms with Crippen LogP contribution in [0.5, 0.6) is 0 Å². The number of hydrogen-bond acceptors (Lipinski definition) is 31. The number of aliphatic hydroxyl groups excluding tert-OH is 6. The van der Waals surface area contributed by atoms with E-state index in [0.717, 1.165) is 0 Å². The van der Waals surface area contributed by atoms with Crippen LogP contribution in [0.3, 0.4) is 0 Å². The molecular formula is C80H144N2O30. The summed E-state index contributed by atoms with van der Waals surface area (Å²) in [4.78, 5) is 79.9. The largest absolute Gasteiger partial charge is 0.481 e. The van der Waals surface area contributed by atoms with Crippen LogP contribution in [0.15, 0.2) is 0 Å². The summed E-state index contributed by atoms with van der Waals surface area (Å²) in [5.74, 6) is -11.4. The SMILES string of the molecule is CCOC(=O)CCC(=O)O.CC[C@H]1OC(=O)[C@H](C)[C@@H](O[C@H]2C[C@@](C)(OC)[C@@H](O)[C@H](C)O2)[C@H](C)[C@@H](O[C@@H]2O[C@H](C)C[C@H](N(C)C)[C@H]2O)[C@](C)(O)C[C@@H](C)C(=O)[C@H](C)[C@@H](O)[C@]1(C)O.CC[C@H]1OC(=O)[C@H](C)[C@@H](O[C@H]2C[C@@](C)(OC)[C@@H](O)[C@H](C)O2)[C@H](C)[C@@H](O[C@@H]2O[C@H](C)C[C@H](N(C)C)[C@H]2O)[C@](C)(O)C[C@@H](C)C(=O)[C@H](C)[C@@H](O)[C@]1(C)O. The van der Waals surface area contributed by atoms with Crippen LogP contribution in [0.1, 0.15) is 210 Å². The Morgan fingerprint density at radius 2 is 0.804 bits per heavy atom. The maximum Gasteiger partial charge on any atom is 0.311 e. The molecule has 32 nitrogen and oxygen atoms in total. The summed E-state index contributed by atoms with van der Waals surface area (Å²) in [5, 5.41) is 123. The first kappa shape index (κ1) is 101. The molecule has 0 aromatic heterocycles. The van der Waals surface area contributed by atoms with Crippen LogP contribution >= 0.6 is 0 Å². The van der Waals surface area contributed by atoms with Gasteiger partial charge in [0.25, 0.3) is 0 Å². The quantitative estimate of drug-likeness (QED) is 0.0682. The summed E-state index contributed by atoms with van der Waals surface area (Å²) in [5.41, 5.74) is -9.68. The first-order valence-electron chi connectivity index (χ1n) is 40.0. The number of Topliss-reactive ketones (excluding diaryl/α,β-unsaturated/α-hetero) is 2. The topological polar surface area (TPSA) is 451 Å². The molecule has 0 aromatic rings. The molecule has 6 aliphatic rings. The number of cyclic esters (lactones) is 2. The maximum atomic E-state index is 14.1. The molecule has 0 unspecified atom stereocenters. The number of likely N-dealkylation sites (N-methyl/N-ethyl adjacent to an activating group) is 2. The molecule has 6 saturated heterocycles. The van der Waals surface area contributed by atoms with E-state index in [1.54, 1.807) is 90.0 Å². The molecule has 112 heavy (non-hydrogen) atoms. The van der Waals surface area contributed by atoms with Crippen molar-refractivity contribution >= 4 is 35.4 Å². The van der Waals surface area contributed by atoms with Crippen molar-refractivity contribution in [3.63, 3.8) is 0 Å². The summed E-state index contributed by atoms with van der Waals surface area (Å²) in [6, 6.07) is -0.648. The number of carbonyl (C=O) groups is 6. The van der Waals surface area contributed by atoms with E-state index < -0.39 is 227 Å². The number of ether oxygens (including phenoxy) is 13. The number of esters is 3. The van der Waals surface area contributed by atoms with Crippen molar-refractivity contribution < 1.29 is 147 Å². The van der Waals surface area contributed by atoms with E-state index >= 15 is 0 Å². The number of aliphatic hydroxyl groups is 10. The average Bonchev–Trinajstić information content (AvgIpc) is 0.780. The van der Waals surface area contributed by atoms with Gasteiger partial charge in [0.15, 0.2) is 25.2 Å². The van der Waals surface area contributed by atoms with Crippen molar-refractivity contribution in [1.29, 1.82) is 0 Å². The van der Waals surface area contributed by atoms with E-state index in [1.807, 2.05) is 51.8 Å². The molecule has 6 fully saturated rings. The van der Waals surface area contributed by atoms with Gasteiger partial charge in [-0.3, -0.25) is 28.8 Å². The Hall–Kier alpha value is -3.66. The number of hydrogen-bond donors (Lipinski definition) is 11. The van der Waals surface area contributed by atoms with E-state index in [9.17, 15) is 79.8 Å². The molecular weight excluding hydrogens is 1470 g/mol. The minimum atomic E-state index is -1.99. The normalized spacial score (nSPS) is 46.1. The highest BCUT2D eigenvalue weighted by Gasteiger charge is 2.57. The first-order chi connectivity index (χ1) is 51.5. The highest BCUT2D eigenvalue weighted by molar-refractivity contribution is 5.84. The number of carboxylic acids is 1. The molecule has 0 spiro atoms. The number of ketones is 2. The van der Waals surface area contributed by atoms with E-state index in [4.69, 9.17) is 61.9 Å². The van der Waals surface area contributed by atoms with Crippen molar-refractivity contribution in [2.24, 2.45) is 47.3 Å². The van der Waals surface area contributed by atoms with E-state index in [-0.39, 0.29) is 75.7 Å². The van der Waals surface area contributed by atoms with Crippen molar-refractivity contribution in [3.8, 4) is 0 Å². The number of methoxy groups -OCH3 is 2. The Bertz CT molecular complexity index is 2800. The summed E-state index contributed by atoms with van der Waals surface area (Å²) in [6.45, 7) is 34.6. The zero-order chi connectivity index (χ0) is 85.9. The maximum absolute atomic E-state index is 14.1. The summed E-state index contributed by atoms with van der Waals surface area (Å²) < 4.78 is 78.6. The molecule has 654 valence electrons. The lowest BCUT2D eigenvalue weighted by molar-refractivity contribution is -0.318. The van der Waals surface area contributed by atoms with Gasteiger partial charge >= 0.3 is 23.9 Å². The zero-order valence-electron chi connectivity index (χ0n) is 71.7. The molecule has 6 rings (SSSR count). The number of carboxylic acid groups (broad SMARTS) is 1. The molecule has 36 atom stereocenters. The highest BCUT2D eigenvalue weighted by atomic mass is 16.7. The van der Waals surface area contributed by atoms with Crippen LogP contribution in [0.4, 0.5) is 0 Å². The molecule has 11 N–H and O–H groups in total. The van der Waals surface area contributed by atoms with Crippen LogP contribution in [0.2, 0.25) is 0 Å². The summed E-state index contributed by atoms with van der Waals surface area (Å²) in [7, 11) is 10.4. The zero-order valence-corrected chi connectivity index (χ0v) is 71.7. The summed E-state index contributed by atoms with van der Waals surface area (Å²) >= 11 is 0. The molecule has 6 aliphatic heterocycles. The van der Waals surface area contributed by atoms with Crippen LogP contribution < -0.4 is 0 Å². The molecule has 0 aromatic carbocycles. The van der Waals surface area contributed by atoms with E-state index in [2.05, 4.69) is 4.74 Å². The molecule has 32 heteroatoms. The smallest absolute Gasteiger partial charge is 0.311 e. The third-order valence-corrected chi connectivity index (χ3v) is 24.5. The monoisotopic (exact) mass is 1610 g/mol. The van der Waals surface area contributed by atoms with Gasteiger partial charge in [0.1, 0.15) is 59.4 Å². The lowest BCUT2D eigenvalue weighted by Crippen LogP contribution is -2.61. The molecule has 0 radical (unpaired) electrons. The highest BCUT2D eigenvalue weighted by Crippen LogP contribution is 2.45. The Morgan fingerprint density at radius 3 is 1.09 bits per heavy atom. The van der Waals surface area contributed by atoms with Crippen LogP contribution in [0, 0.1) is 47.3 Å². The van der Waals surface area contributed by atoms with Gasteiger partial charge < -0.3 is 128 Å². The fourth-order valence-electron chi connectivity index (χ4n) is 17.3. The number of aliphatic carboxylic acids is 1. The van der Waals surface area contributed by atoms with Gasteiger partial charge in [-0.2, -0.15) is 0 Å². The number of carbonyl (C=O) groups excluding carboxylic acids is 5. The van der Waals surface area contributed by atoms with E-state index in [1.165, 1.54) is 55.8 Å². The third-order valence-electron chi connectivity index (χ3n) is 24.5. The van der Waals surface area contributed by atoms with Gasteiger partial charge in [0.2, 0.25) is 0 Å². The Morgan fingerprint density at radius 1 is 0.473 bits per heavy atom.